The number of pyridine rings is 1. The average molecular weight is 242 g/mol. The zero-order chi connectivity index (χ0) is 13.0. The van der Waals surface area contributed by atoms with Crippen molar-refractivity contribution in [1.82, 2.24) is 4.98 Å². The van der Waals surface area contributed by atoms with E-state index in [0.717, 1.165) is 5.56 Å². The van der Waals surface area contributed by atoms with Gasteiger partial charge in [0.25, 0.3) is 5.69 Å². The number of aromatic nitrogens is 1. The van der Waals surface area contributed by atoms with Gasteiger partial charge in [0.1, 0.15) is 5.69 Å². The molecule has 0 unspecified atom stereocenters. The van der Waals surface area contributed by atoms with Gasteiger partial charge in [-0.05, 0) is 11.6 Å². The molecule has 0 amide bonds. The summed E-state index contributed by atoms with van der Waals surface area (Å²) in [5.41, 5.74) is 1.83. The molecular weight excluding hydrogens is 232 g/mol. The van der Waals surface area contributed by atoms with Crippen LogP contribution in [-0.2, 0) is 0 Å². The summed E-state index contributed by atoms with van der Waals surface area (Å²) in [4.78, 5) is 14.5. The quantitative estimate of drug-likeness (QED) is 0.385. The molecule has 1 heterocycles. The topological polar surface area (TPSA) is 94.4 Å². The molecule has 0 aliphatic rings. The van der Waals surface area contributed by atoms with Crippen LogP contribution >= 0.6 is 0 Å². The molecule has 18 heavy (non-hydrogen) atoms. The maximum absolute atomic E-state index is 10.9. The first-order valence-corrected chi connectivity index (χ1v) is 5.15. The van der Waals surface area contributed by atoms with Gasteiger partial charge in [0.2, 0.25) is 0 Å². The highest BCUT2D eigenvalue weighted by Crippen LogP contribution is 2.26. The third kappa shape index (κ3) is 2.32. The Morgan fingerprint density at radius 3 is 2.61 bits per heavy atom. The van der Waals surface area contributed by atoms with Gasteiger partial charge in [0, 0.05) is 17.8 Å². The summed E-state index contributed by atoms with van der Waals surface area (Å²) in [7, 11) is 0. The number of rotatable bonds is 3. The minimum absolute atomic E-state index is 0.0160. The Morgan fingerprint density at radius 2 is 2.00 bits per heavy atom. The largest absolute Gasteiger partial charge is 0.323 e. The predicted molar refractivity (Wildman–Crippen MR) is 68.1 cm³/mol. The smallest absolute Gasteiger partial charge is 0.295 e. The minimum Gasteiger partial charge on any atom is -0.323 e. The van der Waals surface area contributed by atoms with E-state index >= 15 is 0 Å². The molecule has 2 N–H and O–H groups in total. The van der Waals surface area contributed by atoms with Crippen LogP contribution in [0.1, 0.15) is 5.56 Å². The molecular formula is C12H10N4O2. The highest BCUT2D eigenvalue weighted by Gasteiger charge is 2.15. The maximum atomic E-state index is 10.9. The van der Waals surface area contributed by atoms with E-state index in [0.29, 0.717) is 11.3 Å². The Morgan fingerprint density at radius 1 is 1.28 bits per heavy atom. The number of benzene rings is 1. The monoisotopic (exact) mass is 242 g/mol. The van der Waals surface area contributed by atoms with Crippen molar-refractivity contribution in [3.8, 4) is 11.3 Å². The number of nitro groups is 1. The van der Waals surface area contributed by atoms with Gasteiger partial charge in [0.15, 0.2) is 0 Å². The van der Waals surface area contributed by atoms with Crippen molar-refractivity contribution in [2.24, 2.45) is 10.9 Å². The molecule has 0 radical (unpaired) electrons. The zero-order valence-electron chi connectivity index (χ0n) is 9.35. The lowest BCUT2D eigenvalue weighted by Crippen LogP contribution is -1.94. The Labute approximate surface area is 103 Å². The fraction of sp³-hybridized carbons (Fsp3) is 0. The second-order valence-electron chi connectivity index (χ2n) is 3.53. The van der Waals surface area contributed by atoms with Gasteiger partial charge in [-0.1, -0.05) is 24.3 Å². The van der Waals surface area contributed by atoms with Crippen LogP contribution in [0.2, 0.25) is 0 Å². The van der Waals surface area contributed by atoms with Crippen LogP contribution < -0.4 is 5.84 Å². The van der Waals surface area contributed by atoms with Gasteiger partial charge in [-0.3, -0.25) is 10.1 Å². The van der Waals surface area contributed by atoms with E-state index in [1.807, 2.05) is 0 Å². The van der Waals surface area contributed by atoms with Crippen molar-refractivity contribution in [3.63, 3.8) is 0 Å². The Bertz CT molecular complexity index is 593. The van der Waals surface area contributed by atoms with Gasteiger partial charge in [-0.2, -0.15) is 5.10 Å². The molecule has 1 aromatic carbocycles. The second-order valence-corrected chi connectivity index (χ2v) is 3.53. The molecule has 0 saturated carbocycles. The van der Waals surface area contributed by atoms with E-state index in [9.17, 15) is 10.1 Å². The first-order chi connectivity index (χ1) is 8.72. The molecule has 0 atom stereocenters. The molecule has 0 aliphatic heterocycles. The fourth-order valence-corrected chi connectivity index (χ4v) is 1.58. The van der Waals surface area contributed by atoms with Gasteiger partial charge >= 0.3 is 0 Å². The highest BCUT2D eigenvalue weighted by molar-refractivity contribution is 5.81. The summed E-state index contributed by atoms with van der Waals surface area (Å²) in [6, 6.07) is 9.99. The summed E-state index contributed by atoms with van der Waals surface area (Å²) in [5.74, 6) is 5.04. The normalized spacial score (nSPS) is 10.7. The summed E-state index contributed by atoms with van der Waals surface area (Å²) in [5, 5.41) is 14.3. The SMILES string of the molecule is NN=Cc1ccc(-c2ncccc2[N+](=O)[O-])cc1. The summed E-state index contributed by atoms with van der Waals surface area (Å²) < 4.78 is 0. The van der Waals surface area contributed by atoms with E-state index in [1.54, 1.807) is 24.3 Å². The molecule has 2 rings (SSSR count). The molecule has 6 nitrogen and oxygen atoms in total. The van der Waals surface area contributed by atoms with Crippen molar-refractivity contribution in [3.05, 3.63) is 58.3 Å². The number of hydrogen-bond acceptors (Lipinski definition) is 5. The van der Waals surface area contributed by atoms with Crippen LogP contribution in [0.3, 0.4) is 0 Å². The highest BCUT2D eigenvalue weighted by atomic mass is 16.6. The lowest BCUT2D eigenvalue weighted by atomic mass is 10.1. The van der Waals surface area contributed by atoms with Gasteiger partial charge in [0.05, 0.1) is 11.1 Å². The van der Waals surface area contributed by atoms with Crippen molar-refractivity contribution in [1.29, 1.82) is 0 Å². The summed E-state index contributed by atoms with van der Waals surface area (Å²) in [6.07, 6.45) is 3.02. The van der Waals surface area contributed by atoms with Crippen molar-refractivity contribution in [2.45, 2.75) is 0 Å². The molecule has 0 bridgehead atoms. The van der Waals surface area contributed by atoms with E-state index in [-0.39, 0.29) is 5.69 Å². The number of hydrogen-bond donors (Lipinski definition) is 1. The van der Waals surface area contributed by atoms with Crippen LogP contribution in [0.25, 0.3) is 11.3 Å². The van der Waals surface area contributed by atoms with Gasteiger partial charge in [-0.15, -0.1) is 0 Å². The maximum Gasteiger partial charge on any atom is 0.295 e. The Hall–Kier alpha value is -2.76. The van der Waals surface area contributed by atoms with Crippen LogP contribution in [0.15, 0.2) is 47.7 Å². The van der Waals surface area contributed by atoms with Crippen LogP contribution in [-0.4, -0.2) is 16.1 Å². The van der Waals surface area contributed by atoms with Crippen molar-refractivity contribution in [2.75, 3.05) is 0 Å². The first kappa shape index (κ1) is 11.7. The van der Waals surface area contributed by atoms with Crippen LogP contribution in [0, 0.1) is 10.1 Å². The predicted octanol–water partition coefficient (Wildman–Crippen LogP) is 1.95. The molecule has 90 valence electrons. The average Bonchev–Trinajstić information content (AvgIpc) is 2.40. The zero-order valence-corrected chi connectivity index (χ0v) is 9.35. The van der Waals surface area contributed by atoms with Crippen LogP contribution in [0.5, 0.6) is 0 Å². The van der Waals surface area contributed by atoms with E-state index < -0.39 is 4.92 Å². The van der Waals surface area contributed by atoms with Crippen LogP contribution in [0.4, 0.5) is 5.69 Å². The lowest BCUT2D eigenvalue weighted by Gasteiger charge is -2.02. The molecule has 0 aliphatic carbocycles. The van der Waals surface area contributed by atoms with E-state index in [1.165, 1.54) is 24.5 Å². The van der Waals surface area contributed by atoms with Crippen molar-refractivity contribution < 1.29 is 4.92 Å². The van der Waals surface area contributed by atoms with Gasteiger partial charge < -0.3 is 5.84 Å². The van der Waals surface area contributed by atoms with Crippen molar-refractivity contribution >= 4 is 11.9 Å². The molecule has 0 saturated heterocycles. The van der Waals surface area contributed by atoms with E-state index in [2.05, 4.69) is 10.1 Å². The molecule has 6 heteroatoms. The van der Waals surface area contributed by atoms with E-state index in [4.69, 9.17) is 5.84 Å². The summed E-state index contributed by atoms with van der Waals surface area (Å²) >= 11 is 0. The second kappa shape index (κ2) is 5.05. The minimum atomic E-state index is -0.447. The molecule has 2 aromatic rings. The molecule has 0 spiro atoms. The first-order valence-electron chi connectivity index (χ1n) is 5.15. The number of nitrogens with two attached hydrogens (primary N) is 1. The van der Waals surface area contributed by atoms with Gasteiger partial charge in [-0.25, -0.2) is 4.98 Å². The third-order valence-electron chi connectivity index (χ3n) is 2.39. The Balaban J connectivity index is 2.45. The lowest BCUT2D eigenvalue weighted by molar-refractivity contribution is -0.384. The fourth-order valence-electron chi connectivity index (χ4n) is 1.58. The Kier molecular flexibility index (Phi) is 3.29. The molecule has 0 fully saturated rings. The number of nitrogens with zero attached hydrogens (tertiary/aromatic N) is 3. The standard InChI is InChI=1S/C12H10N4O2/c13-15-8-9-3-5-10(6-4-9)12-11(16(17)18)2-1-7-14-12/h1-8H,13H2. The third-order valence-corrected chi connectivity index (χ3v) is 2.39. The molecule has 1 aromatic heterocycles. The number of hydrazone groups is 1. The summed E-state index contributed by atoms with van der Waals surface area (Å²) in [6.45, 7) is 0.